The number of aliphatic hydroxyl groups excluding tert-OH is 1. The van der Waals surface area contributed by atoms with E-state index in [1.54, 1.807) is 12.4 Å². The Morgan fingerprint density at radius 1 is 1.27 bits per heavy atom. The lowest BCUT2D eigenvalue weighted by atomic mass is 10.1. The predicted octanol–water partition coefficient (Wildman–Crippen LogP) is 1.09. The van der Waals surface area contributed by atoms with E-state index in [1.165, 1.54) is 11.1 Å². The first kappa shape index (κ1) is 17.6. The topological polar surface area (TPSA) is 110 Å². The van der Waals surface area contributed by atoms with Crippen molar-refractivity contribution in [3.63, 3.8) is 0 Å². The van der Waals surface area contributed by atoms with Crippen molar-refractivity contribution in [1.82, 2.24) is 24.4 Å². The number of nitrogens with two attached hydrogens (primary N) is 1. The zero-order valence-electron chi connectivity index (χ0n) is 14.4. The number of amides is 1. The highest BCUT2D eigenvalue weighted by Gasteiger charge is 2.22. The summed E-state index contributed by atoms with van der Waals surface area (Å²) < 4.78 is 1.83. The number of aromatic nitrogens is 4. The Labute approximate surface area is 151 Å². The molecule has 0 saturated heterocycles. The zero-order chi connectivity index (χ0) is 18.5. The molecule has 0 aliphatic heterocycles. The molecule has 8 heteroatoms. The molecule has 0 unspecified atom stereocenters. The van der Waals surface area contributed by atoms with Crippen LogP contribution in [0.3, 0.4) is 0 Å². The number of imidazole rings is 1. The van der Waals surface area contributed by atoms with Gasteiger partial charge in [-0.15, -0.1) is 0 Å². The van der Waals surface area contributed by atoms with E-state index in [0.29, 0.717) is 17.1 Å². The molecule has 1 aromatic carbocycles. The summed E-state index contributed by atoms with van der Waals surface area (Å²) in [5, 5.41) is 9.39. The average molecular weight is 352 g/mol. The first-order valence-electron chi connectivity index (χ1n) is 8.14. The van der Waals surface area contributed by atoms with Gasteiger partial charge in [0.25, 0.3) is 5.91 Å². The van der Waals surface area contributed by atoms with Gasteiger partial charge >= 0.3 is 0 Å². The molecule has 8 nitrogen and oxygen atoms in total. The second-order valence-electron chi connectivity index (χ2n) is 5.76. The third-order valence-electron chi connectivity index (χ3n) is 4.00. The zero-order valence-corrected chi connectivity index (χ0v) is 14.4. The van der Waals surface area contributed by atoms with E-state index in [2.05, 4.69) is 15.0 Å². The molecule has 0 aliphatic rings. The first-order valence-corrected chi connectivity index (χ1v) is 8.14. The van der Waals surface area contributed by atoms with Crippen LogP contribution in [0.15, 0.2) is 48.9 Å². The summed E-state index contributed by atoms with van der Waals surface area (Å²) in [5.74, 6) is 0.517. The van der Waals surface area contributed by atoms with Gasteiger partial charge in [-0.2, -0.15) is 0 Å². The molecule has 0 radical (unpaired) electrons. The van der Waals surface area contributed by atoms with Crippen LogP contribution >= 0.6 is 0 Å². The van der Waals surface area contributed by atoms with Crippen molar-refractivity contribution in [2.45, 2.75) is 6.54 Å². The van der Waals surface area contributed by atoms with Crippen molar-refractivity contribution in [2.75, 3.05) is 18.9 Å². The maximum Gasteiger partial charge on any atom is 0.258 e. The molecule has 26 heavy (non-hydrogen) atoms. The van der Waals surface area contributed by atoms with Crippen LogP contribution in [0.5, 0.6) is 0 Å². The molecule has 3 N–H and O–H groups in total. The molecule has 0 fully saturated rings. The summed E-state index contributed by atoms with van der Waals surface area (Å²) in [5.41, 5.74) is 7.29. The van der Waals surface area contributed by atoms with Crippen molar-refractivity contribution in [3.8, 4) is 11.3 Å². The molecule has 3 aromatic rings. The molecule has 0 bridgehead atoms. The maximum atomic E-state index is 13.1. The van der Waals surface area contributed by atoms with Gasteiger partial charge in [-0.05, 0) is 0 Å². The number of aryl methyl sites for hydroxylation is 1. The van der Waals surface area contributed by atoms with Crippen molar-refractivity contribution < 1.29 is 9.90 Å². The maximum absolute atomic E-state index is 13.1. The van der Waals surface area contributed by atoms with Crippen LogP contribution in [0.25, 0.3) is 11.3 Å². The molecule has 3 rings (SSSR count). The number of carbonyl (C=O) groups is 1. The monoisotopic (exact) mass is 352 g/mol. The van der Waals surface area contributed by atoms with Crippen molar-refractivity contribution in [2.24, 2.45) is 7.05 Å². The number of carbonyl (C=O) groups excluding carboxylic acids is 1. The summed E-state index contributed by atoms with van der Waals surface area (Å²) in [6, 6.07) is 9.32. The molecule has 0 spiro atoms. The van der Waals surface area contributed by atoms with Gasteiger partial charge in [-0.3, -0.25) is 4.79 Å². The number of hydrogen-bond donors (Lipinski definition) is 2. The fraction of sp³-hybridized carbons (Fsp3) is 0.222. The highest BCUT2D eigenvalue weighted by Crippen LogP contribution is 2.23. The second kappa shape index (κ2) is 7.75. The Hall–Kier alpha value is -3.26. The molecule has 0 saturated carbocycles. The normalized spacial score (nSPS) is 10.7. The van der Waals surface area contributed by atoms with Crippen molar-refractivity contribution >= 4 is 11.9 Å². The van der Waals surface area contributed by atoms with E-state index in [4.69, 9.17) is 5.73 Å². The molecule has 0 aliphatic carbocycles. The number of benzene rings is 1. The highest BCUT2D eigenvalue weighted by molar-refractivity contribution is 5.99. The van der Waals surface area contributed by atoms with E-state index in [-0.39, 0.29) is 31.6 Å². The van der Waals surface area contributed by atoms with Gasteiger partial charge in [0, 0.05) is 37.7 Å². The van der Waals surface area contributed by atoms with E-state index >= 15 is 0 Å². The van der Waals surface area contributed by atoms with Crippen LogP contribution in [0.4, 0.5) is 5.95 Å². The number of hydrogen-bond acceptors (Lipinski definition) is 6. The van der Waals surface area contributed by atoms with Gasteiger partial charge in [0.05, 0.1) is 24.4 Å². The van der Waals surface area contributed by atoms with Crippen molar-refractivity contribution in [1.29, 1.82) is 0 Å². The van der Waals surface area contributed by atoms with Crippen LogP contribution in [0.1, 0.15) is 16.2 Å². The lowest BCUT2D eigenvalue weighted by Gasteiger charge is -2.22. The van der Waals surface area contributed by atoms with Gasteiger partial charge in [0.2, 0.25) is 5.95 Å². The van der Waals surface area contributed by atoms with Gasteiger partial charge in [-0.1, -0.05) is 30.3 Å². The summed E-state index contributed by atoms with van der Waals surface area (Å²) in [6.07, 6.45) is 4.90. The molecular weight excluding hydrogens is 332 g/mol. The molecule has 2 heterocycles. The molecule has 1 amide bonds. The van der Waals surface area contributed by atoms with Gasteiger partial charge in [0.1, 0.15) is 5.82 Å². The Balaban J connectivity index is 1.98. The molecule has 0 atom stereocenters. The number of rotatable bonds is 6. The number of anilines is 1. The van der Waals surface area contributed by atoms with Gasteiger partial charge in [0.15, 0.2) is 0 Å². The fourth-order valence-electron chi connectivity index (χ4n) is 2.63. The fourth-order valence-corrected chi connectivity index (χ4v) is 2.63. The summed E-state index contributed by atoms with van der Waals surface area (Å²) in [4.78, 5) is 27.1. The standard InChI is InChI=1S/C18H20N6O2/c1-23-8-7-20-15(23)12-24(9-10-25)17(26)14-11-21-18(19)22-16(14)13-5-3-2-4-6-13/h2-8,11,25H,9-10,12H2,1H3,(H2,19,21,22). The Morgan fingerprint density at radius 3 is 2.69 bits per heavy atom. The Kier molecular flexibility index (Phi) is 5.23. The van der Waals surface area contributed by atoms with Crippen LogP contribution < -0.4 is 5.73 Å². The SMILES string of the molecule is Cn1ccnc1CN(CCO)C(=O)c1cnc(N)nc1-c1ccccc1. The first-order chi connectivity index (χ1) is 12.6. The van der Waals surface area contributed by atoms with Crippen molar-refractivity contribution in [3.05, 3.63) is 60.3 Å². The van der Waals surface area contributed by atoms with Gasteiger partial charge in [-0.25, -0.2) is 15.0 Å². The van der Waals surface area contributed by atoms with E-state index in [9.17, 15) is 9.90 Å². The van der Waals surface area contributed by atoms with E-state index < -0.39 is 0 Å². The predicted molar refractivity (Wildman–Crippen MR) is 96.9 cm³/mol. The summed E-state index contributed by atoms with van der Waals surface area (Å²) >= 11 is 0. The molecular formula is C18H20N6O2. The molecule has 134 valence electrons. The summed E-state index contributed by atoms with van der Waals surface area (Å²) in [7, 11) is 1.85. The average Bonchev–Trinajstić information content (AvgIpc) is 3.06. The minimum Gasteiger partial charge on any atom is -0.395 e. The van der Waals surface area contributed by atoms with Gasteiger partial charge < -0.3 is 20.3 Å². The number of nitrogens with zero attached hydrogens (tertiary/aromatic N) is 5. The lowest BCUT2D eigenvalue weighted by molar-refractivity contribution is 0.0701. The smallest absolute Gasteiger partial charge is 0.258 e. The molecule has 2 aromatic heterocycles. The van der Waals surface area contributed by atoms with Crippen LogP contribution in [0, 0.1) is 0 Å². The lowest BCUT2D eigenvalue weighted by Crippen LogP contribution is -2.34. The largest absolute Gasteiger partial charge is 0.395 e. The number of nitrogen functional groups attached to an aromatic ring is 1. The van der Waals surface area contributed by atoms with Crippen LogP contribution in [-0.2, 0) is 13.6 Å². The van der Waals surface area contributed by atoms with Crippen LogP contribution in [0.2, 0.25) is 0 Å². The summed E-state index contributed by atoms with van der Waals surface area (Å²) in [6.45, 7) is 0.276. The third-order valence-corrected chi connectivity index (χ3v) is 4.00. The Morgan fingerprint density at radius 2 is 2.04 bits per heavy atom. The highest BCUT2D eigenvalue weighted by atomic mass is 16.3. The third kappa shape index (κ3) is 3.70. The minimum absolute atomic E-state index is 0.0956. The second-order valence-corrected chi connectivity index (χ2v) is 5.76. The van der Waals surface area contributed by atoms with E-state index in [1.807, 2.05) is 41.9 Å². The quantitative estimate of drug-likeness (QED) is 0.687. The van der Waals surface area contributed by atoms with Crippen LogP contribution in [-0.4, -0.2) is 48.6 Å². The van der Waals surface area contributed by atoms with E-state index in [0.717, 1.165) is 5.56 Å². The minimum atomic E-state index is -0.291. The Bertz CT molecular complexity index is 894. The number of aliphatic hydroxyl groups is 1.